The lowest BCUT2D eigenvalue weighted by molar-refractivity contribution is 0.322. The Kier molecular flexibility index (Phi) is 4.84. The van der Waals surface area contributed by atoms with Crippen LogP contribution in [0.3, 0.4) is 0 Å². The van der Waals surface area contributed by atoms with Gasteiger partial charge in [-0.05, 0) is 36.4 Å². The lowest BCUT2D eigenvalue weighted by Crippen LogP contribution is -2.20. The summed E-state index contributed by atoms with van der Waals surface area (Å²) in [7, 11) is -3.97. The Morgan fingerprint density at radius 1 is 0.846 bits per heavy atom. The molecule has 132 valence electrons. The van der Waals surface area contributed by atoms with E-state index >= 15 is 0 Å². The van der Waals surface area contributed by atoms with Crippen molar-refractivity contribution in [3.63, 3.8) is 0 Å². The first-order chi connectivity index (χ1) is 12.6. The van der Waals surface area contributed by atoms with E-state index in [0.29, 0.717) is 15.5 Å². The third-order valence-electron chi connectivity index (χ3n) is 4.12. The van der Waals surface area contributed by atoms with Crippen LogP contribution in [-0.2, 0) is 20.7 Å². The summed E-state index contributed by atoms with van der Waals surface area (Å²) in [5.74, 6) is 0.638. The minimum atomic E-state index is -3.50. The molecule has 0 atom stereocenters. The Hall–Kier alpha value is -1.73. The number of hydrogen-bond acceptors (Lipinski definition) is 4. The average molecular weight is 402 g/mol. The second-order valence-corrected chi connectivity index (χ2v) is 10.8. The molecule has 0 amide bonds. The third-order valence-corrected chi connectivity index (χ3v) is 9.54. The first-order valence-corrected chi connectivity index (χ1v) is 11.8. The number of aliphatic hydroxyl groups is 1. The van der Waals surface area contributed by atoms with E-state index in [1.807, 2.05) is 36.4 Å². The van der Waals surface area contributed by atoms with Crippen molar-refractivity contribution in [3.05, 3.63) is 72.8 Å². The van der Waals surface area contributed by atoms with Crippen molar-refractivity contribution in [2.24, 2.45) is 0 Å². The minimum Gasteiger partial charge on any atom is -0.396 e. The molecule has 0 aliphatic carbocycles. The van der Waals surface area contributed by atoms with Crippen molar-refractivity contribution >= 4 is 32.5 Å². The molecule has 0 spiro atoms. The molecule has 1 aliphatic heterocycles. The van der Waals surface area contributed by atoms with E-state index in [1.54, 1.807) is 36.0 Å². The summed E-state index contributed by atoms with van der Waals surface area (Å²) in [5.41, 5.74) is 0. The lowest BCUT2D eigenvalue weighted by Gasteiger charge is -2.19. The Labute approximate surface area is 160 Å². The van der Waals surface area contributed by atoms with E-state index < -0.39 is 20.7 Å². The van der Waals surface area contributed by atoms with Gasteiger partial charge in [-0.3, -0.25) is 0 Å². The summed E-state index contributed by atoms with van der Waals surface area (Å²) in [6.45, 7) is 0.129. The van der Waals surface area contributed by atoms with Crippen LogP contribution in [0, 0.1) is 0 Å². The first-order valence-electron chi connectivity index (χ1n) is 8.14. The third kappa shape index (κ3) is 2.97. The Bertz CT molecular complexity index is 1010. The van der Waals surface area contributed by atoms with Crippen LogP contribution in [-0.4, -0.2) is 25.9 Å². The summed E-state index contributed by atoms with van der Waals surface area (Å²) < 4.78 is 26.1. The van der Waals surface area contributed by atoms with Crippen LogP contribution in [0.25, 0.3) is 0 Å². The van der Waals surface area contributed by atoms with Gasteiger partial charge in [0.2, 0.25) is 9.84 Å². The van der Waals surface area contributed by atoms with Crippen molar-refractivity contribution in [1.82, 2.24) is 0 Å². The zero-order chi connectivity index (χ0) is 18.1. The molecule has 0 saturated heterocycles. The Morgan fingerprint density at radius 2 is 1.46 bits per heavy atom. The smallest absolute Gasteiger partial charge is 0.216 e. The van der Waals surface area contributed by atoms with Crippen molar-refractivity contribution in [3.8, 4) is 0 Å². The lowest BCUT2D eigenvalue weighted by atomic mass is 10.3. The van der Waals surface area contributed by atoms with Gasteiger partial charge in [0.05, 0.1) is 6.61 Å². The van der Waals surface area contributed by atoms with Gasteiger partial charge in [0, 0.05) is 16.7 Å². The molecule has 0 fully saturated rings. The topological polar surface area (TPSA) is 54.4 Å². The van der Waals surface area contributed by atoms with Crippen LogP contribution in [0.1, 0.15) is 0 Å². The monoisotopic (exact) mass is 401 g/mol. The van der Waals surface area contributed by atoms with Crippen LogP contribution < -0.4 is 0 Å². The summed E-state index contributed by atoms with van der Waals surface area (Å²) in [6, 6.07) is 22.8. The molecule has 0 unspecified atom stereocenters. The molecule has 0 saturated carbocycles. The summed E-state index contributed by atoms with van der Waals surface area (Å²) >= 11 is 1.60. The SMILES string of the molecule is O=S1(=O)c2ccccc2[S+](c2cccc(SCCO)c2)c2ccccc21. The van der Waals surface area contributed by atoms with Crippen molar-refractivity contribution in [2.75, 3.05) is 12.4 Å². The van der Waals surface area contributed by atoms with Gasteiger partial charge in [-0.15, -0.1) is 11.8 Å². The van der Waals surface area contributed by atoms with Gasteiger partial charge in [-0.25, -0.2) is 8.42 Å². The highest BCUT2D eigenvalue weighted by Gasteiger charge is 2.44. The molecule has 1 heterocycles. The quantitative estimate of drug-likeness (QED) is 0.415. The van der Waals surface area contributed by atoms with E-state index in [4.69, 9.17) is 5.11 Å². The number of sulfone groups is 1. The maximum absolute atomic E-state index is 13.1. The van der Waals surface area contributed by atoms with Gasteiger partial charge in [-0.2, -0.15) is 0 Å². The zero-order valence-electron chi connectivity index (χ0n) is 13.8. The predicted molar refractivity (Wildman–Crippen MR) is 105 cm³/mol. The maximum atomic E-state index is 13.1. The van der Waals surface area contributed by atoms with Crippen molar-refractivity contribution < 1.29 is 13.5 Å². The van der Waals surface area contributed by atoms with Gasteiger partial charge in [0.15, 0.2) is 14.7 Å². The van der Waals surface area contributed by atoms with Gasteiger partial charge in [-0.1, -0.05) is 30.3 Å². The second kappa shape index (κ2) is 7.12. The molecule has 4 rings (SSSR count). The summed E-state index contributed by atoms with van der Waals surface area (Å²) in [6.07, 6.45) is 0. The molecule has 3 aromatic rings. The fourth-order valence-electron chi connectivity index (χ4n) is 3.03. The van der Waals surface area contributed by atoms with Crippen LogP contribution in [0.15, 0.2) is 102 Å². The highest BCUT2D eigenvalue weighted by molar-refractivity contribution is 8.01. The highest BCUT2D eigenvalue weighted by Crippen LogP contribution is 2.44. The van der Waals surface area contributed by atoms with Gasteiger partial charge in [0.25, 0.3) is 0 Å². The standard InChI is InChI=1S/C20H17O3S3/c21-12-13-24-15-6-5-7-16(14-15)25-17-8-1-3-10-19(17)26(22,23)20-11-4-2-9-18(20)25/h1-11,14,21H,12-13H2/q+1. The van der Waals surface area contributed by atoms with E-state index in [2.05, 4.69) is 12.1 Å². The number of hydrogen-bond donors (Lipinski definition) is 1. The van der Waals surface area contributed by atoms with Crippen LogP contribution in [0.5, 0.6) is 0 Å². The van der Waals surface area contributed by atoms with E-state index in [-0.39, 0.29) is 6.61 Å². The zero-order valence-corrected chi connectivity index (χ0v) is 16.3. The molecule has 0 radical (unpaired) electrons. The molecule has 1 N–H and O–H groups in total. The molecule has 3 aromatic carbocycles. The highest BCUT2D eigenvalue weighted by atomic mass is 32.2. The average Bonchev–Trinajstić information content (AvgIpc) is 2.67. The number of rotatable bonds is 4. The van der Waals surface area contributed by atoms with Gasteiger partial charge in [0.1, 0.15) is 20.7 Å². The molecular weight excluding hydrogens is 384 g/mol. The van der Waals surface area contributed by atoms with Crippen molar-refractivity contribution in [1.29, 1.82) is 0 Å². The fourth-order valence-corrected chi connectivity index (χ4v) is 8.56. The first kappa shape index (κ1) is 17.7. The van der Waals surface area contributed by atoms with Crippen molar-refractivity contribution in [2.45, 2.75) is 29.4 Å². The molecular formula is C20H17O3S3+. The Morgan fingerprint density at radius 3 is 2.08 bits per heavy atom. The Balaban J connectivity index is 1.93. The molecule has 6 heteroatoms. The van der Waals surface area contributed by atoms with Crippen LogP contribution >= 0.6 is 11.8 Å². The van der Waals surface area contributed by atoms with E-state index in [0.717, 1.165) is 19.6 Å². The van der Waals surface area contributed by atoms with Gasteiger partial charge < -0.3 is 5.11 Å². The summed E-state index contributed by atoms with van der Waals surface area (Å²) in [5, 5.41) is 9.08. The maximum Gasteiger partial charge on any atom is 0.216 e. The number of thioether (sulfide) groups is 1. The van der Waals surface area contributed by atoms with Crippen LogP contribution in [0.2, 0.25) is 0 Å². The summed E-state index contributed by atoms with van der Waals surface area (Å²) in [4.78, 5) is 4.65. The van der Waals surface area contributed by atoms with Crippen LogP contribution in [0.4, 0.5) is 0 Å². The number of aliphatic hydroxyl groups excluding tert-OH is 1. The second-order valence-electron chi connectivity index (χ2n) is 5.75. The molecule has 0 bridgehead atoms. The fraction of sp³-hybridized carbons (Fsp3) is 0.100. The molecule has 26 heavy (non-hydrogen) atoms. The predicted octanol–water partition coefficient (Wildman–Crippen LogP) is 4.01. The molecule has 3 nitrogen and oxygen atoms in total. The van der Waals surface area contributed by atoms with E-state index in [1.165, 1.54) is 0 Å². The largest absolute Gasteiger partial charge is 0.396 e. The number of benzene rings is 3. The molecule has 1 aliphatic rings. The minimum absolute atomic E-state index is 0.129. The van der Waals surface area contributed by atoms with Gasteiger partial charge >= 0.3 is 0 Å². The van der Waals surface area contributed by atoms with E-state index in [9.17, 15) is 8.42 Å². The normalized spacial score (nSPS) is 15.3. The molecule has 0 aromatic heterocycles. The number of fused-ring (bicyclic) bond motifs is 2.